The minimum absolute atomic E-state index is 0.0133. The van der Waals surface area contributed by atoms with E-state index in [4.69, 9.17) is 5.26 Å². The van der Waals surface area contributed by atoms with Gasteiger partial charge < -0.3 is 10.6 Å². The van der Waals surface area contributed by atoms with Crippen LogP contribution in [0.1, 0.15) is 82.1 Å². The molecule has 0 bridgehead atoms. The van der Waals surface area contributed by atoms with E-state index in [1.165, 1.54) is 13.1 Å². The average molecular weight is 406 g/mol. The Bertz CT molecular complexity index is 989. The van der Waals surface area contributed by atoms with Crippen molar-refractivity contribution in [1.82, 2.24) is 19.9 Å². The first-order chi connectivity index (χ1) is 14.2. The zero-order chi connectivity index (χ0) is 22.3. The fraction of sp³-hybridized carbons (Fsp3) is 0.476. The van der Waals surface area contributed by atoms with Crippen molar-refractivity contribution in [2.75, 3.05) is 10.6 Å². The number of nitrogens with one attached hydrogen (secondary N) is 2. The normalized spacial score (nSPS) is 12.5. The molecule has 2 unspecified atom stereocenters. The van der Waals surface area contributed by atoms with Gasteiger partial charge in [-0.1, -0.05) is 13.8 Å². The first-order valence-corrected chi connectivity index (χ1v) is 9.83. The van der Waals surface area contributed by atoms with Crippen LogP contribution in [0.3, 0.4) is 0 Å². The molecule has 1 amide bonds. The van der Waals surface area contributed by atoms with Crippen molar-refractivity contribution < 1.29 is 4.79 Å². The number of hydrogen-bond acceptors (Lipinski definition) is 8. The fourth-order valence-electron chi connectivity index (χ4n) is 2.83. The van der Waals surface area contributed by atoms with Gasteiger partial charge in [-0.25, -0.2) is 19.9 Å². The van der Waals surface area contributed by atoms with E-state index in [0.717, 1.165) is 12.8 Å². The van der Waals surface area contributed by atoms with E-state index in [0.29, 0.717) is 23.0 Å². The van der Waals surface area contributed by atoms with Gasteiger partial charge in [-0.15, -0.1) is 0 Å². The van der Waals surface area contributed by atoms with E-state index in [2.05, 4.69) is 36.6 Å². The summed E-state index contributed by atoms with van der Waals surface area (Å²) < 4.78 is 0. The lowest BCUT2D eigenvalue weighted by Gasteiger charge is -2.17. The van der Waals surface area contributed by atoms with E-state index >= 15 is 0 Å². The summed E-state index contributed by atoms with van der Waals surface area (Å²) in [6.07, 6.45) is 4.54. The van der Waals surface area contributed by atoms with Crippen molar-refractivity contribution in [3.05, 3.63) is 35.2 Å². The van der Waals surface area contributed by atoms with Crippen LogP contribution in [-0.4, -0.2) is 31.9 Å². The molecule has 2 N–H and O–H groups in total. The van der Waals surface area contributed by atoms with E-state index in [-0.39, 0.29) is 35.2 Å². The molecule has 0 radical (unpaired) electrons. The van der Waals surface area contributed by atoms with E-state index in [1.807, 2.05) is 33.8 Å². The standard InChI is InChI=1S/C21H26N8O/c1-12(2)26-20-16(8-22)10-24-18(28-20)13(3)6-7-14(4)19-25-11-17(9-23)21(29-19)27-15(5)30/h10-14H,6-7H2,1-5H3,(H,24,26,28)(H,25,27,29,30). The monoisotopic (exact) mass is 406 g/mol. The third-order valence-corrected chi connectivity index (χ3v) is 4.49. The van der Waals surface area contributed by atoms with Crippen LogP contribution >= 0.6 is 0 Å². The van der Waals surface area contributed by atoms with Crippen LogP contribution in [-0.2, 0) is 4.79 Å². The molecule has 0 fully saturated rings. The number of amides is 1. The van der Waals surface area contributed by atoms with Crippen molar-refractivity contribution in [2.45, 2.75) is 65.3 Å². The Morgan fingerprint density at radius 1 is 0.933 bits per heavy atom. The van der Waals surface area contributed by atoms with Crippen molar-refractivity contribution >= 4 is 17.5 Å². The average Bonchev–Trinajstić information content (AvgIpc) is 2.70. The van der Waals surface area contributed by atoms with Crippen molar-refractivity contribution in [3.8, 4) is 12.1 Å². The van der Waals surface area contributed by atoms with Crippen LogP contribution in [0.2, 0.25) is 0 Å². The molecule has 0 saturated carbocycles. The lowest BCUT2D eigenvalue weighted by atomic mass is 9.96. The van der Waals surface area contributed by atoms with Crippen LogP contribution in [0.5, 0.6) is 0 Å². The second-order valence-electron chi connectivity index (χ2n) is 7.56. The Balaban J connectivity index is 2.11. The second kappa shape index (κ2) is 10.3. The van der Waals surface area contributed by atoms with E-state index < -0.39 is 0 Å². The summed E-state index contributed by atoms with van der Waals surface area (Å²) in [4.78, 5) is 28.9. The summed E-state index contributed by atoms with van der Waals surface area (Å²) >= 11 is 0. The number of anilines is 2. The lowest BCUT2D eigenvalue weighted by molar-refractivity contribution is -0.114. The number of aromatic nitrogens is 4. The smallest absolute Gasteiger partial charge is 0.222 e. The van der Waals surface area contributed by atoms with E-state index in [9.17, 15) is 10.1 Å². The van der Waals surface area contributed by atoms with Crippen LogP contribution in [0.4, 0.5) is 11.6 Å². The Labute approximate surface area is 176 Å². The molecule has 0 spiro atoms. The zero-order valence-electron chi connectivity index (χ0n) is 17.9. The van der Waals surface area contributed by atoms with Gasteiger partial charge in [0.15, 0.2) is 5.82 Å². The van der Waals surface area contributed by atoms with Gasteiger partial charge in [-0.05, 0) is 26.7 Å². The summed E-state index contributed by atoms with van der Waals surface area (Å²) in [6.45, 7) is 9.38. The Morgan fingerprint density at radius 3 is 1.83 bits per heavy atom. The molecule has 2 aromatic rings. The molecule has 0 aliphatic rings. The van der Waals surface area contributed by atoms with Crippen molar-refractivity contribution in [1.29, 1.82) is 10.5 Å². The number of hydrogen-bond donors (Lipinski definition) is 2. The Hall–Kier alpha value is -3.59. The fourth-order valence-corrected chi connectivity index (χ4v) is 2.83. The van der Waals surface area contributed by atoms with Crippen LogP contribution in [0.25, 0.3) is 0 Å². The van der Waals surface area contributed by atoms with Gasteiger partial charge in [0.1, 0.15) is 40.7 Å². The van der Waals surface area contributed by atoms with Gasteiger partial charge in [0, 0.05) is 24.8 Å². The quantitative estimate of drug-likeness (QED) is 0.679. The summed E-state index contributed by atoms with van der Waals surface area (Å²) in [5.74, 6) is 1.81. The molecular weight excluding hydrogens is 380 g/mol. The topological polar surface area (TPSA) is 140 Å². The third kappa shape index (κ3) is 5.95. The number of rotatable bonds is 8. The number of carbonyl (C=O) groups excluding carboxylic acids is 1. The SMILES string of the molecule is CC(=O)Nc1nc(C(C)CCC(C)c2ncc(C#N)c(NC(C)C)n2)ncc1C#N. The maximum atomic E-state index is 11.4. The summed E-state index contributed by atoms with van der Waals surface area (Å²) in [5.41, 5.74) is 0.648. The molecule has 0 aliphatic carbocycles. The maximum Gasteiger partial charge on any atom is 0.222 e. The first-order valence-electron chi connectivity index (χ1n) is 9.83. The van der Waals surface area contributed by atoms with Gasteiger partial charge in [0.25, 0.3) is 0 Å². The predicted molar refractivity (Wildman–Crippen MR) is 113 cm³/mol. The third-order valence-electron chi connectivity index (χ3n) is 4.49. The summed E-state index contributed by atoms with van der Waals surface area (Å²) in [6, 6.07) is 4.25. The molecule has 9 nitrogen and oxygen atoms in total. The highest BCUT2D eigenvalue weighted by atomic mass is 16.1. The maximum absolute atomic E-state index is 11.4. The van der Waals surface area contributed by atoms with Crippen molar-refractivity contribution in [2.24, 2.45) is 0 Å². The minimum Gasteiger partial charge on any atom is -0.367 e. The van der Waals surface area contributed by atoms with Gasteiger partial charge >= 0.3 is 0 Å². The van der Waals surface area contributed by atoms with Gasteiger partial charge in [0.05, 0.1) is 12.4 Å². The molecule has 0 aromatic carbocycles. The number of nitriles is 2. The lowest BCUT2D eigenvalue weighted by Crippen LogP contribution is -2.15. The van der Waals surface area contributed by atoms with Crippen LogP contribution in [0, 0.1) is 22.7 Å². The Morgan fingerprint density at radius 2 is 1.40 bits per heavy atom. The summed E-state index contributed by atoms with van der Waals surface area (Å²) in [7, 11) is 0. The molecule has 30 heavy (non-hydrogen) atoms. The molecule has 2 heterocycles. The molecule has 9 heteroatoms. The highest BCUT2D eigenvalue weighted by Gasteiger charge is 2.18. The summed E-state index contributed by atoms with van der Waals surface area (Å²) in [5, 5.41) is 24.2. The largest absolute Gasteiger partial charge is 0.367 e. The number of carbonyl (C=O) groups is 1. The number of nitrogens with zero attached hydrogens (tertiary/aromatic N) is 6. The first kappa shape index (κ1) is 22.7. The molecule has 0 saturated heterocycles. The molecule has 2 aromatic heterocycles. The highest BCUT2D eigenvalue weighted by molar-refractivity contribution is 5.88. The van der Waals surface area contributed by atoms with Gasteiger partial charge in [0.2, 0.25) is 5.91 Å². The zero-order valence-corrected chi connectivity index (χ0v) is 17.9. The second-order valence-corrected chi connectivity index (χ2v) is 7.56. The molecule has 156 valence electrons. The van der Waals surface area contributed by atoms with Crippen LogP contribution < -0.4 is 10.6 Å². The Kier molecular flexibility index (Phi) is 7.76. The molecular formula is C21H26N8O. The highest BCUT2D eigenvalue weighted by Crippen LogP contribution is 2.26. The van der Waals surface area contributed by atoms with E-state index in [1.54, 1.807) is 6.20 Å². The molecule has 2 atom stereocenters. The minimum atomic E-state index is -0.291. The van der Waals surface area contributed by atoms with Gasteiger partial charge in [-0.3, -0.25) is 4.79 Å². The van der Waals surface area contributed by atoms with Crippen LogP contribution in [0.15, 0.2) is 12.4 Å². The van der Waals surface area contributed by atoms with Gasteiger partial charge in [-0.2, -0.15) is 10.5 Å². The molecule has 0 aliphatic heterocycles. The predicted octanol–water partition coefficient (Wildman–Crippen LogP) is 3.48. The van der Waals surface area contributed by atoms with Crippen molar-refractivity contribution in [3.63, 3.8) is 0 Å². The molecule has 2 rings (SSSR count).